The Hall–Kier alpha value is -5.22. The highest BCUT2D eigenvalue weighted by atomic mass is 16.5. The van der Waals surface area contributed by atoms with Crippen LogP contribution in [0.5, 0.6) is 0 Å². The van der Waals surface area contributed by atoms with E-state index < -0.39 is 0 Å². The molecule has 312 valence electrons. The molecule has 1 fully saturated rings. The molecule has 1 amide bonds. The Labute approximate surface area is 346 Å². The molecule has 1 saturated heterocycles. The summed E-state index contributed by atoms with van der Waals surface area (Å²) < 4.78 is 10.9. The summed E-state index contributed by atoms with van der Waals surface area (Å²) in [4.78, 5) is 35.8. The smallest absolute Gasteiger partial charge is 0.333 e. The van der Waals surface area contributed by atoms with Gasteiger partial charge in [0, 0.05) is 48.5 Å². The van der Waals surface area contributed by atoms with Gasteiger partial charge in [0.05, 0.1) is 13.2 Å². The number of anilines is 2. The highest BCUT2D eigenvalue weighted by Crippen LogP contribution is 2.33. The molecule has 0 radical (unpaired) electrons. The predicted molar refractivity (Wildman–Crippen MR) is 237 cm³/mol. The number of aryl methyl sites for hydroxylation is 4. The number of ether oxygens (including phenoxy) is 2. The zero-order valence-electron chi connectivity index (χ0n) is 35.0. The van der Waals surface area contributed by atoms with Crippen molar-refractivity contribution < 1.29 is 23.9 Å². The molecule has 1 aliphatic rings. The van der Waals surface area contributed by atoms with Crippen LogP contribution >= 0.6 is 0 Å². The molecule has 0 spiro atoms. The number of amides is 1. The van der Waals surface area contributed by atoms with Crippen molar-refractivity contribution in [1.29, 1.82) is 5.41 Å². The number of unbranched alkanes of at least 4 members (excludes halogenated alkanes) is 2. The molecule has 5 N–H and O–H groups in total. The molecule has 1 atom stereocenters. The molecule has 0 aliphatic carbocycles. The number of rotatable bonds is 26. The van der Waals surface area contributed by atoms with Crippen LogP contribution in [0.3, 0.4) is 0 Å². The third-order valence-corrected chi connectivity index (χ3v) is 10.3. The number of piperidine rings is 1. The molecule has 0 aromatic heterocycles. The molecule has 10 nitrogen and oxygen atoms in total. The quantitative estimate of drug-likeness (QED) is 0.0309. The van der Waals surface area contributed by atoms with E-state index in [1.54, 1.807) is 13.8 Å². The monoisotopic (exact) mass is 791 g/mol. The lowest BCUT2D eigenvalue weighted by Gasteiger charge is -2.22. The van der Waals surface area contributed by atoms with Gasteiger partial charge in [0.25, 0.3) is 0 Å². The Morgan fingerprint density at radius 3 is 2.02 bits per heavy atom. The second-order valence-electron chi connectivity index (χ2n) is 15.4. The molecule has 4 rings (SSSR count). The first-order valence-electron chi connectivity index (χ1n) is 21.1. The first-order valence-corrected chi connectivity index (χ1v) is 21.1. The summed E-state index contributed by atoms with van der Waals surface area (Å²) in [5, 5.41) is 21.1. The fraction of sp³-hybridized carbons (Fsp3) is 0.458. The van der Waals surface area contributed by atoms with Crippen LogP contribution in [0.4, 0.5) is 11.4 Å². The van der Waals surface area contributed by atoms with E-state index in [-0.39, 0.29) is 23.8 Å². The second-order valence-corrected chi connectivity index (χ2v) is 15.4. The first kappa shape index (κ1) is 45.5. The van der Waals surface area contributed by atoms with Crippen molar-refractivity contribution in [2.75, 3.05) is 50.0 Å². The van der Waals surface area contributed by atoms with Crippen molar-refractivity contribution in [3.8, 4) is 11.1 Å². The number of carbonyl (C=O) groups is 3. The fourth-order valence-electron chi connectivity index (χ4n) is 7.18. The minimum atomic E-state index is -0.366. The SMILES string of the molecule is C=C(C)C(=O)OCCCc1cc(-c2ccccc2CC)cc(CCCOC(=O)C(=C)C)c1NCCCCCc1ccc(NCCCNCC2CC(=N)NC(=O)C2)cc1. The van der Waals surface area contributed by atoms with Crippen LogP contribution in [0.25, 0.3) is 11.1 Å². The number of nitrogens with one attached hydrogen (secondary N) is 5. The van der Waals surface area contributed by atoms with E-state index in [4.69, 9.17) is 14.9 Å². The molecular weight excluding hydrogens is 727 g/mol. The van der Waals surface area contributed by atoms with Crippen LogP contribution in [0, 0.1) is 11.3 Å². The molecule has 0 saturated carbocycles. The number of hydrogen-bond donors (Lipinski definition) is 5. The van der Waals surface area contributed by atoms with E-state index >= 15 is 0 Å². The second kappa shape index (κ2) is 24.5. The molecule has 3 aromatic rings. The van der Waals surface area contributed by atoms with E-state index in [0.29, 0.717) is 55.9 Å². The first-order chi connectivity index (χ1) is 28.0. The average molecular weight is 792 g/mol. The summed E-state index contributed by atoms with van der Waals surface area (Å²) in [6.45, 7) is 16.9. The highest BCUT2D eigenvalue weighted by Gasteiger charge is 2.22. The molecule has 10 heteroatoms. The predicted octanol–water partition coefficient (Wildman–Crippen LogP) is 8.74. The minimum Gasteiger partial charge on any atom is -0.462 e. The van der Waals surface area contributed by atoms with Gasteiger partial charge in [-0.15, -0.1) is 0 Å². The largest absolute Gasteiger partial charge is 0.462 e. The number of benzene rings is 3. The van der Waals surface area contributed by atoms with Crippen LogP contribution in [0.15, 0.2) is 85.0 Å². The van der Waals surface area contributed by atoms with Crippen molar-refractivity contribution >= 4 is 35.1 Å². The highest BCUT2D eigenvalue weighted by molar-refractivity contribution is 5.99. The summed E-state index contributed by atoms with van der Waals surface area (Å²) in [5.41, 5.74) is 10.4. The Bertz CT molecular complexity index is 1780. The van der Waals surface area contributed by atoms with Gasteiger partial charge in [-0.2, -0.15) is 0 Å². The third-order valence-electron chi connectivity index (χ3n) is 10.3. The van der Waals surface area contributed by atoms with Crippen molar-refractivity contribution in [1.82, 2.24) is 10.6 Å². The van der Waals surface area contributed by atoms with Gasteiger partial charge in [0.15, 0.2) is 0 Å². The third kappa shape index (κ3) is 15.6. The maximum Gasteiger partial charge on any atom is 0.333 e. The van der Waals surface area contributed by atoms with Gasteiger partial charge in [-0.05, 0) is 148 Å². The standard InChI is InChI=1S/C48H65N5O5/c1-6-38-16-9-10-19-43(38)41-31-39(17-12-27-57-47(55)34(2)3)46(40(32-41)18-13-28-58-48(56)35(4)5)52-25-11-7-8-15-36-20-22-42(23-21-36)51-26-14-24-50-33-37-29-44(49)53-45(54)30-37/h9-10,16,19-23,31-32,37,50-52H,2,4,6-8,11-15,17-18,24-30,33H2,1,3,5H3,(H2,49,53,54). The zero-order valence-corrected chi connectivity index (χ0v) is 35.0. The number of amidine groups is 1. The lowest BCUT2D eigenvalue weighted by Crippen LogP contribution is -2.41. The van der Waals surface area contributed by atoms with Crippen LogP contribution in [-0.2, 0) is 49.5 Å². The van der Waals surface area contributed by atoms with Crippen molar-refractivity contribution in [2.24, 2.45) is 5.92 Å². The normalized spacial score (nSPS) is 13.7. The lowest BCUT2D eigenvalue weighted by atomic mass is 9.91. The summed E-state index contributed by atoms with van der Waals surface area (Å²) in [6, 6.07) is 21.8. The summed E-state index contributed by atoms with van der Waals surface area (Å²) >= 11 is 0. The maximum absolute atomic E-state index is 12.1. The van der Waals surface area contributed by atoms with Crippen molar-refractivity contribution in [2.45, 2.75) is 97.8 Å². The van der Waals surface area contributed by atoms with E-state index in [0.717, 1.165) is 94.5 Å². The molecule has 1 heterocycles. The molecule has 3 aromatic carbocycles. The Kier molecular flexibility index (Phi) is 19.2. The average Bonchev–Trinajstić information content (AvgIpc) is 3.20. The Morgan fingerprint density at radius 1 is 0.759 bits per heavy atom. The van der Waals surface area contributed by atoms with Crippen LogP contribution < -0.4 is 21.3 Å². The molecule has 1 aliphatic heterocycles. The van der Waals surface area contributed by atoms with E-state index in [1.165, 1.54) is 27.8 Å². The van der Waals surface area contributed by atoms with Crippen molar-refractivity contribution in [3.05, 3.63) is 107 Å². The Morgan fingerprint density at radius 2 is 1.40 bits per heavy atom. The van der Waals surface area contributed by atoms with Gasteiger partial charge in [0.1, 0.15) is 5.84 Å². The fourth-order valence-corrected chi connectivity index (χ4v) is 7.18. The van der Waals surface area contributed by atoms with Gasteiger partial charge in [-0.25, -0.2) is 9.59 Å². The summed E-state index contributed by atoms with van der Waals surface area (Å²) in [6.07, 6.45) is 10.1. The molecule has 58 heavy (non-hydrogen) atoms. The maximum atomic E-state index is 12.1. The summed E-state index contributed by atoms with van der Waals surface area (Å²) in [7, 11) is 0. The molecule has 0 bridgehead atoms. The van der Waals surface area contributed by atoms with Gasteiger partial charge in [-0.1, -0.05) is 62.9 Å². The number of esters is 2. The topological polar surface area (TPSA) is 142 Å². The van der Waals surface area contributed by atoms with Crippen LogP contribution in [-0.4, -0.2) is 63.1 Å². The van der Waals surface area contributed by atoms with Gasteiger partial charge < -0.3 is 30.7 Å². The van der Waals surface area contributed by atoms with E-state index in [2.05, 4.69) is 102 Å². The van der Waals surface area contributed by atoms with E-state index in [1.807, 2.05) is 0 Å². The molecule has 1 unspecified atom stereocenters. The van der Waals surface area contributed by atoms with Crippen LogP contribution in [0.2, 0.25) is 0 Å². The van der Waals surface area contributed by atoms with Crippen molar-refractivity contribution in [3.63, 3.8) is 0 Å². The van der Waals surface area contributed by atoms with Gasteiger partial charge in [-0.3, -0.25) is 10.2 Å². The lowest BCUT2D eigenvalue weighted by molar-refractivity contribution is -0.139. The zero-order chi connectivity index (χ0) is 41.7. The van der Waals surface area contributed by atoms with Gasteiger partial charge >= 0.3 is 11.9 Å². The molecular formula is C48H65N5O5. The minimum absolute atomic E-state index is 0.0523. The van der Waals surface area contributed by atoms with E-state index in [9.17, 15) is 14.4 Å². The summed E-state index contributed by atoms with van der Waals surface area (Å²) in [5.74, 6) is -0.257. The number of hydrogen-bond acceptors (Lipinski definition) is 9. The Balaban J connectivity index is 1.30. The number of carbonyl (C=O) groups excluding carboxylic acids is 3. The van der Waals surface area contributed by atoms with Gasteiger partial charge in [0.2, 0.25) is 5.91 Å². The van der Waals surface area contributed by atoms with Crippen LogP contribution in [0.1, 0.15) is 94.4 Å².